The molecule has 4 rings (SSSR count). The Morgan fingerprint density at radius 3 is 3.00 bits per heavy atom. The Labute approximate surface area is 131 Å². The first-order chi connectivity index (χ1) is 10.8. The second-order valence-electron chi connectivity index (χ2n) is 5.21. The van der Waals surface area contributed by atoms with Crippen LogP contribution in [0.1, 0.15) is 18.1 Å². The van der Waals surface area contributed by atoms with Crippen molar-refractivity contribution in [2.75, 3.05) is 5.32 Å². The van der Waals surface area contributed by atoms with Crippen LogP contribution in [0.2, 0.25) is 0 Å². The summed E-state index contributed by atoms with van der Waals surface area (Å²) in [6.07, 6.45) is 4.20. The molecule has 1 fully saturated rings. The van der Waals surface area contributed by atoms with Crippen LogP contribution in [0, 0.1) is 5.92 Å². The predicted octanol–water partition coefficient (Wildman–Crippen LogP) is 3.54. The van der Waals surface area contributed by atoms with E-state index >= 15 is 0 Å². The molecule has 22 heavy (non-hydrogen) atoms. The number of furan rings is 1. The van der Waals surface area contributed by atoms with E-state index in [9.17, 15) is 4.79 Å². The Balaban J connectivity index is 1.42. The van der Waals surface area contributed by atoms with Crippen molar-refractivity contribution in [3.8, 4) is 11.4 Å². The van der Waals surface area contributed by atoms with Gasteiger partial charge in [0, 0.05) is 23.4 Å². The number of thiazole rings is 1. The summed E-state index contributed by atoms with van der Waals surface area (Å²) in [4.78, 5) is 20.9. The zero-order valence-electron chi connectivity index (χ0n) is 11.6. The molecule has 0 saturated heterocycles. The summed E-state index contributed by atoms with van der Waals surface area (Å²) in [5.74, 6) is 1.07. The first kappa shape index (κ1) is 13.2. The Bertz CT molecular complexity index is 783. The van der Waals surface area contributed by atoms with Crippen LogP contribution >= 0.6 is 11.3 Å². The molecule has 2 atom stereocenters. The monoisotopic (exact) mass is 311 g/mol. The van der Waals surface area contributed by atoms with Gasteiger partial charge in [0.15, 0.2) is 5.13 Å². The van der Waals surface area contributed by atoms with E-state index in [2.05, 4.69) is 15.3 Å². The summed E-state index contributed by atoms with van der Waals surface area (Å²) < 4.78 is 5.35. The Hall–Kier alpha value is -2.47. The molecule has 5 nitrogen and oxygen atoms in total. The average molecular weight is 311 g/mol. The molecular weight excluding hydrogens is 298 g/mol. The molecule has 110 valence electrons. The fourth-order valence-electron chi connectivity index (χ4n) is 2.46. The Morgan fingerprint density at radius 1 is 1.27 bits per heavy atom. The molecule has 0 bridgehead atoms. The largest absolute Gasteiger partial charge is 0.469 e. The second-order valence-corrected chi connectivity index (χ2v) is 6.06. The van der Waals surface area contributed by atoms with E-state index in [-0.39, 0.29) is 17.7 Å². The lowest BCUT2D eigenvalue weighted by Gasteiger charge is -2.00. The van der Waals surface area contributed by atoms with Crippen LogP contribution in [0.15, 0.2) is 52.6 Å². The maximum absolute atomic E-state index is 12.2. The number of amides is 1. The quantitative estimate of drug-likeness (QED) is 0.800. The fraction of sp³-hybridized carbons (Fsp3) is 0.188. The maximum atomic E-state index is 12.2. The van der Waals surface area contributed by atoms with Gasteiger partial charge in [-0.2, -0.15) is 0 Å². The Morgan fingerprint density at radius 2 is 2.23 bits per heavy atom. The zero-order chi connectivity index (χ0) is 14.9. The lowest BCUT2D eigenvalue weighted by atomic mass is 10.2. The number of carbonyl (C=O) groups excluding carboxylic acids is 1. The molecule has 3 heterocycles. The minimum atomic E-state index is -0.0200. The van der Waals surface area contributed by atoms with Crippen LogP contribution in [0.3, 0.4) is 0 Å². The van der Waals surface area contributed by atoms with Crippen molar-refractivity contribution >= 4 is 22.4 Å². The normalized spacial score (nSPS) is 19.8. The van der Waals surface area contributed by atoms with Gasteiger partial charge in [-0.15, -0.1) is 11.3 Å². The van der Waals surface area contributed by atoms with Crippen molar-refractivity contribution in [3.63, 3.8) is 0 Å². The van der Waals surface area contributed by atoms with E-state index in [1.807, 2.05) is 35.7 Å². The number of nitrogens with zero attached hydrogens (tertiary/aromatic N) is 2. The average Bonchev–Trinajstić information content (AvgIpc) is 2.97. The topological polar surface area (TPSA) is 68.0 Å². The predicted molar refractivity (Wildman–Crippen MR) is 83.5 cm³/mol. The van der Waals surface area contributed by atoms with Gasteiger partial charge in [0.1, 0.15) is 11.5 Å². The molecule has 1 saturated carbocycles. The highest BCUT2D eigenvalue weighted by molar-refractivity contribution is 7.14. The lowest BCUT2D eigenvalue weighted by Crippen LogP contribution is -2.14. The van der Waals surface area contributed by atoms with Crippen LogP contribution in [0.5, 0.6) is 0 Å². The van der Waals surface area contributed by atoms with Crippen LogP contribution < -0.4 is 5.32 Å². The number of hydrogen-bond donors (Lipinski definition) is 1. The van der Waals surface area contributed by atoms with E-state index in [0.29, 0.717) is 5.13 Å². The molecule has 1 amide bonds. The first-order valence-electron chi connectivity index (χ1n) is 7.02. The van der Waals surface area contributed by atoms with E-state index < -0.39 is 0 Å². The lowest BCUT2D eigenvalue weighted by molar-refractivity contribution is -0.117. The van der Waals surface area contributed by atoms with E-state index in [1.54, 1.807) is 12.5 Å². The number of carbonyl (C=O) groups is 1. The highest BCUT2D eigenvalue weighted by atomic mass is 32.1. The highest BCUT2D eigenvalue weighted by Gasteiger charge is 2.46. The van der Waals surface area contributed by atoms with Gasteiger partial charge in [-0.05, 0) is 30.7 Å². The third-order valence-corrected chi connectivity index (χ3v) is 4.46. The Kier molecular flexibility index (Phi) is 3.23. The zero-order valence-corrected chi connectivity index (χ0v) is 12.4. The van der Waals surface area contributed by atoms with Crippen molar-refractivity contribution in [1.82, 2.24) is 9.97 Å². The number of pyridine rings is 1. The van der Waals surface area contributed by atoms with Gasteiger partial charge < -0.3 is 9.73 Å². The van der Waals surface area contributed by atoms with Gasteiger partial charge >= 0.3 is 0 Å². The van der Waals surface area contributed by atoms with Crippen molar-refractivity contribution in [3.05, 3.63) is 53.9 Å². The summed E-state index contributed by atoms with van der Waals surface area (Å²) in [5.41, 5.74) is 1.58. The van der Waals surface area contributed by atoms with Gasteiger partial charge in [-0.3, -0.25) is 9.78 Å². The van der Waals surface area contributed by atoms with Crippen molar-refractivity contribution in [2.45, 2.75) is 12.3 Å². The number of aromatic nitrogens is 2. The minimum absolute atomic E-state index is 0.00307. The SMILES string of the molecule is O=C(Nc1nc(-c2ccccn2)cs1)C1CC1c1ccco1. The molecule has 0 radical (unpaired) electrons. The summed E-state index contributed by atoms with van der Waals surface area (Å²) in [5, 5.41) is 5.39. The summed E-state index contributed by atoms with van der Waals surface area (Å²) in [6.45, 7) is 0. The van der Waals surface area contributed by atoms with Gasteiger partial charge in [-0.1, -0.05) is 6.07 Å². The third kappa shape index (κ3) is 2.53. The van der Waals surface area contributed by atoms with Gasteiger partial charge in [0.2, 0.25) is 5.91 Å². The summed E-state index contributed by atoms with van der Waals surface area (Å²) in [6, 6.07) is 9.44. The highest BCUT2D eigenvalue weighted by Crippen LogP contribution is 2.48. The summed E-state index contributed by atoms with van der Waals surface area (Å²) >= 11 is 1.41. The molecular formula is C16H13N3O2S. The molecule has 2 unspecified atom stereocenters. The molecule has 0 spiro atoms. The minimum Gasteiger partial charge on any atom is -0.469 e. The number of nitrogens with one attached hydrogen (secondary N) is 1. The van der Waals surface area contributed by atoms with Crippen LogP contribution in [-0.2, 0) is 4.79 Å². The smallest absolute Gasteiger partial charge is 0.230 e. The number of anilines is 1. The molecule has 6 heteroatoms. The molecule has 3 aromatic heterocycles. The first-order valence-corrected chi connectivity index (χ1v) is 7.90. The molecule has 0 aliphatic heterocycles. The van der Waals surface area contributed by atoms with E-state index in [1.165, 1.54) is 11.3 Å². The molecule has 1 aliphatic carbocycles. The molecule has 1 N–H and O–H groups in total. The van der Waals surface area contributed by atoms with Gasteiger partial charge in [0.25, 0.3) is 0 Å². The van der Waals surface area contributed by atoms with Crippen molar-refractivity contribution < 1.29 is 9.21 Å². The fourth-order valence-corrected chi connectivity index (χ4v) is 3.17. The van der Waals surface area contributed by atoms with Crippen LogP contribution in [0.4, 0.5) is 5.13 Å². The van der Waals surface area contributed by atoms with Gasteiger partial charge in [0.05, 0.1) is 12.0 Å². The second kappa shape index (κ2) is 5.38. The van der Waals surface area contributed by atoms with E-state index in [0.717, 1.165) is 23.6 Å². The van der Waals surface area contributed by atoms with Gasteiger partial charge in [-0.25, -0.2) is 4.98 Å². The van der Waals surface area contributed by atoms with Crippen LogP contribution in [-0.4, -0.2) is 15.9 Å². The van der Waals surface area contributed by atoms with Crippen molar-refractivity contribution in [2.24, 2.45) is 5.92 Å². The molecule has 0 aromatic carbocycles. The molecule has 1 aliphatic rings. The number of rotatable bonds is 4. The maximum Gasteiger partial charge on any atom is 0.230 e. The standard InChI is InChI=1S/C16H13N3O2S/c20-15(11-8-10(11)14-5-3-7-21-14)19-16-18-13(9-22-16)12-4-1-2-6-17-12/h1-7,9-11H,8H2,(H,18,19,20). The third-order valence-electron chi connectivity index (χ3n) is 3.70. The van der Waals surface area contributed by atoms with E-state index in [4.69, 9.17) is 4.42 Å². The molecule has 3 aromatic rings. The van der Waals surface area contributed by atoms with Crippen LogP contribution in [0.25, 0.3) is 11.4 Å². The van der Waals surface area contributed by atoms with Crippen molar-refractivity contribution in [1.29, 1.82) is 0 Å². The summed E-state index contributed by atoms with van der Waals surface area (Å²) in [7, 11) is 0. The number of hydrogen-bond acceptors (Lipinski definition) is 5.